The standard InChI is InChI=1S/C19H21BrN2O3/c1-13(16-12-15(23)4-6-18(16)24)21-7-9-22(10-8-21)14-3-5-17(20)19(11-14)25-2/h3-6,11-12,23-24H,1,7-10H2,2H3. The average molecular weight is 405 g/mol. The van der Waals surface area contributed by atoms with Crippen molar-refractivity contribution in [3.63, 3.8) is 0 Å². The van der Waals surface area contributed by atoms with Gasteiger partial charge < -0.3 is 24.7 Å². The minimum Gasteiger partial charge on any atom is -0.508 e. The first kappa shape index (κ1) is 17.5. The molecule has 2 N–H and O–H groups in total. The van der Waals surface area contributed by atoms with Crippen molar-refractivity contribution in [2.24, 2.45) is 0 Å². The molecule has 3 rings (SSSR count). The van der Waals surface area contributed by atoms with Crippen molar-refractivity contribution < 1.29 is 14.9 Å². The van der Waals surface area contributed by atoms with Gasteiger partial charge in [-0.1, -0.05) is 6.58 Å². The summed E-state index contributed by atoms with van der Waals surface area (Å²) in [6.07, 6.45) is 0. The van der Waals surface area contributed by atoms with E-state index in [1.807, 2.05) is 12.1 Å². The monoisotopic (exact) mass is 404 g/mol. The fourth-order valence-electron chi connectivity index (χ4n) is 3.01. The van der Waals surface area contributed by atoms with Gasteiger partial charge in [0.15, 0.2) is 0 Å². The fourth-order valence-corrected chi connectivity index (χ4v) is 3.41. The Labute approximate surface area is 155 Å². The highest BCUT2D eigenvalue weighted by Gasteiger charge is 2.21. The molecule has 0 atom stereocenters. The molecule has 0 aliphatic carbocycles. The normalized spacial score (nSPS) is 14.5. The van der Waals surface area contributed by atoms with Crippen LogP contribution in [0.15, 0.2) is 47.4 Å². The second kappa shape index (κ2) is 7.27. The first-order chi connectivity index (χ1) is 12.0. The van der Waals surface area contributed by atoms with Gasteiger partial charge in [0.05, 0.1) is 11.6 Å². The molecule has 0 aromatic heterocycles. The number of methoxy groups -OCH3 is 1. The molecule has 25 heavy (non-hydrogen) atoms. The lowest BCUT2D eigenvalue weighted by atomic mass is 10.1. The average Bonchev–Trinajstić information content (AvgIpc) is 2.64. The highest BCUT2D eigenvalue weighted by molar-refractivity contribution is 9.10. The third-order valence-corrected chi connectivity index (χ3v) is 5.11. The molecular weight excluding hydrogens is 384 g/mol. The molecule has 1 saturated heterocycles. The minimum absolute atomic E-state index is 0.120. The third-order valence-electron chi connectivity index (χ3n) is 4.45. The predicted molar refractivity (Wildman–Crippen MR) is 103 cm³/mol. The Kier molecular flexibility index (Phi) is 5.08. The quantitative estimate of drug-likeness (QED) is 0.761. The van der Waals surface area contributed by atoms with Crippen LogP contribution in [0.25, 0.3) is 5.70 Å². The maximum absolute atomic E-state index is 10.0. The van der Waals surface area contributed by atoms with Crippen molar-refractivity contribution in [1.82, 2.24) is 4.90 Å². The molecular formula is C19H21BrN2O3. The maximum Gasteiger partial charge on any atom is 0.135 e. The first-order valence-electron chi connectivity index (χ1n) is 8.04. The zero-order chi connectivity index (χ0) is 18.0. The number of aromatic hydroxyl groups is 2. The fraction of sp³-hybridized carbons (Fsp3) is 0.263. The smallest absolute Gasteiger partial charge is 0.135 e. The number of phenolic OH excluding ortho intramolecular Hbond substituents is 2. The summed E-state index contributed by atoms with van der Waals surface area (Å²) in [5.74, 6) is 1.06. The highest BCUT2D eigenvalue weighted by Crippen LogP contribution is 2.33. The second-order valence-corrected chi connectivity index (χ2v) is 6.80. The largest absolute Gasteiger partial charge is 0.508 e. The van der Waals surface area contributed by atoms with E-state index in [1.165, 1.54) is 12.1 Å². The molecule has 1 fully saturated rings. The van der Waals surface area contributed by atoms with Gasteiger partial charge in [-0.05, 0) is 46.3 Å². The molecule has 2 aromatic rings. The van der Waals surface area contributed by atoms with Crippen LogP contribution in [0.4, 0.5) is 5.69 Å². The summed E-state index contributed by atoms with van der Waals surface area (Å²) in [6, 6.07) is 10.6. The Morgan fingerprint density at radius 3 is 2.48 bits per heavy atom. The molecule has 0 amide bonds. The van der Waals surface area contributed by atoms with E-state index in [-0.39, 0.29) is 11.5 Å². The summed E-state index contributed by atoms with van der Waals surface area (Å²) in [5, 5.41) is 19.7. The summed E-state index contributed by atoms with van der Waals surface area (Å²) in [6.45, 7) is 7.34. The number of hydrogen-bond acceptors (Lipinski definition) is 5. The van der Waals surface area contributed by atoms with Crippen molar-refractivity contribution in [3.05, 3.63) is 53.0 Å². The van der Waals surface area contributed by atoms with Crippen molar-refractivity contribution in [2.75, 3.05) is 38.2 Å². The summed E-state index contributed by atoms with van der Waals surface area (Å²) >= 11 is 3.47. The van der Waals surface area contributed by atoms with Crippen LogP contribution in [0, 0.1) is 0 Å². The van der Waals surface area contributed by atoms with E-state index in [2.05, 4.69) is 38.4 Å². The highest BCUT2D eigenvalue weighted by atomic mass is 79.9. The summed E-state index contributed by atoms with van der Waals surface area (Å²) < 4.78 is 6.30. The van der Waals surface area contributed by atoms with Crippen LogP contribution >= 0.6 is 15.9 Å². The number of nitrogens with zero attached hydrogens (tertiary/aromatic N) is 2. The molecule has 1 aliphatic heterocycles. The number of halogens is 1. The number of benzene rings is 2. The van der Waals surface area contributed by atoms with Gasteiger partial charge >= 0.3 is 0 Å². The summed E-state index contributed by atoms with van der Waals surface area (Å²) in [7, 11) is 1.66. The van der Waals surface area contributed by atoms with Crippen LogP contribution in [-0.4, -0.2) is 48.4 Å². The van der Waals surface area contributed by atoms with Crippen molar-refractivity contribution >= 4 is 27.3 Å². The van der Waals surface area contributed by atoms with E-state index in [1.54, 1.807) is 13.2 Å². The zero-order valence-electron chi connectivity index (χ0n) is 14.1. The van der Waals surface area contributed by atoms with Crippen LogP contribution in [0.3, 0.4) is 0 Å². The van der Waals surface area contributed by atoms with Crippen molar-refractivity contribution in [3.8, 4) is 17.2 Å². The molecule has 5 nitrogen and oxygen atoms in total. The van der Waals surface area contributed by atoms with Gasteiger partial charge in [0.1, 0.15) is 17.2 Å². The van der Waals surface area contributed by atoms with Crippen LogP contribution in [0.5, 0.6) is 17.2 Å². The Morgan fingerprint density at radius 2 is 1.80 bits per heavy atom. The Morgan fingerprint density at radius 1 is 1.08 bits per heavy atom. The lowest BCUT2D eigenvalue weighted by molar-refractivity contribution is 0.364. The molecule has 0 unspecified atom stereocenters. The molecule has 0 bridgehead atoms. The van der Waals surface area contributed by atoms with Gasteiger partial charge in [-0.2, -0.15) is 0 Å². The van der Waals surface area contributed by atoms with Gasteiger partial charge in [0, 0.05) is 49.2 Å². The van der Waals surface area contributed by atoms with Gasteiger partial charge in [0.25, 0.3) is 0 Å². The van der Waals surface area contributed by atoms with Gasteiger partial charge in [-0.25, -0.2) is 0 Å². The summed E-state index contributed by atoms with van der Waals surface area (Å²) in [4.78, 5) is 4.42. The minimum atomic E-state index is 0.120. The number of phenols is 2. The van der Waals surface area contributed by atoms with E-state index >= 15 is 0 Å². The van der Waals surface area contributed by atoms with Crippen molar-refractivity contribution in [2.45, 2.75) is 0 Å². The Hall–Kier alpha value is -2.34. The van der Waals surface area contributed by atoms with Gasteiger partial charge in [0.2, 0.25) is 0 Å². The van der Waals surface area contributed by atoms with Crippen LogP contribution < -0.4 is 9.64 Å². The molecule has 0 spiro atoms. The topological polar surface area (TPSA) is 56.2 Å². The molecule has 132 valence electrons. The lowest BCUT2D eigenvalue weighted by Gasteiger charge is -2.38. The Bertz CT molecular complexity index is 786. The number of piperazine rings is 1. The molecule has 6 heteroatoms. The van der Waals surface area contributed by atoms with E-state index in [0.29, 0.717) is 5.56 Å². The van der Waals surface area contributed by atoms with E-state index in [0.717, 1.165) is 47.8 Å². The van der Waals surface area contributed by atoms with Crippen LogP contribution in [0.2, 0.25) is 0 Å². The number of rotatable bonds is 4. The SMILES string of the molecule is C=C(c1cc(O)ccc1O)N1CCN(c2ccc(Br)c(OC)c2)CC1. The zero-order valence-corrected chi connectivity index (χ0v) is 15.7. The summed E-state index contributed by atoms with van der Waals surface area (Å²) in [5.41, 5.74) is 2.41. The van der Waals surface area contributed by atoms with Gasteiger partial charge in [-0.15, -0.1) is 0 Å². The molecule has 0 saturated carbocycles. The molecule has 0 radical (unpaired) electrons. The predicted octanol–water partition coefficient (Wildman–Crippen LogP) is 3.66. The van der Waals surface area contributed by atoms with Crippen molar-refractivity contribution in [1.29, 1.82) is 0 Å². The number of hydrogen-bond donors (Lipinski definition) is 2. The Balaban J connectivity index is 1.69. The molecule has 2 aromatic carbocycles. The third kappa shape index (κ3) is 3.69. The van der Waals surface area contributed by atoms with E-state index in [9.17, 15) is 10.2 Å². The van der Waals surface area contributed by atoms with E-state index in [4.69, 9.17) is 4.74 Å². The molecule has 1 aliphatic rings. The van der Waals surface area contributed by atoms with Crippen LogP contribution in [-0.2, 0) is 0 Å². The molecule has 1 heterocycles. The van der Waals surface area contributed by atoms with E-state index < -0.39 is 0 Å². The van der Waals surface area contributed by atoms with Crippen LogP contribution in [0.1, 0.15) is 5.56 Å². The second-order valence-electron chi connectivity index (χ2n) is 5.94. The lowest BCUT2D eigenvalue weighted by Crippen LogP contribution is -2.45. The maximum atomic E-state index is 10.0. The van der Waals surface area contributed by atoms with Gasteiger partial charge in [-0.3, -0.25) is 0 Å². The first-order valence-corrected chi connectivity index (χ1v) is 8.83. The number of anilines is 1. The number of ether oxygens (including phenoxy) is 1.